The molecule has 0 radical (unpaired) electrons. The lowest BCUT2D eigenvalue weighted by molar-refractivity contribution is 0.427. The van der Waals surface area contributed by atoms with Gasteiger partial charge in [0.1, 0.15) is 0 Å². The molecule has 1 aromatic carbocycles. The van der Waals surface area contributed by atoms with E-state index in [0.717, 1.165) is 29.2 Å². The van der Waals surface area contributed by atoms with Gasteiger partial charge in [-0.2, -0.15) is 0 Å². The maximum atomic E-state index is 5.77. The third-order valence-corrected chi connectivity index (χ3v) is 3.66. The zero-order chi connectivity index (χ0) is 12.8. The van der Waals surface area contributed by atoms with Gasteiger partial charge >= 0.3 is 0 Å². The van der Waals surface area contributed by atoms with Crippen molar-refractivity contribution in [3.8, 4) is 11.4 Å². The van der Waals surface area contributed by atoms with Crippen LogP contribution in [0.25, 0.3) is 11.4 Å². The lowest BCUT2D eigenvalue weighted by Crippen LogP contribution is -2.11. The van der Waals surface area contributed by atoms with Crippen molar-refractivity contribution in [2.45, 2.75) is 33.2 Å². The minimum atomic E-state index is 0.381. The molecule has 1 saturated carbocycles. The maximum Gasteiger partial charge on any atom is 0.182 e. The smallest absolute Gasteiger partial charge is 0.182 e. The second-order valence-corrected chi connectivity index (χ2v) is 5.55. The fraction of sp³-hybridized carbons (Fsp3) is 0.462. The Morgan fingerprint density at radius 1 is 1.39 bits per heavy atom. The molecule has 1 aliphatic carbocycles. The van der Waals surface area contributed by atoms with Crippen molar-refractivity contribution in [1.29, 1.82) is 0 Å². The molecule has 1 heterocycles. The van der Waals surface area contributed by atoms with E-state index in [0.29, 0.717) is 5.41 Å². The quantitative estimate of drug-likeness (QED) is 0.837. The zero-order valence-corrected chi connectivity index (χ0v) is 10.7. The molecule has 94 valence electrons. The van der Waals surface area contributed by atoms with Crippen LogP contribution in [0.4, 0.5) is 5.69 Å². The first-order chi connectivity index (χ1) is 8.57. The summed E-state index contributed by atoms with van der Waals surface area (Å²) in [4.78, 5) is 0. The van der Waals surface area contributed by atoms with Gasteiger partial charge in [-0.3, -0.25) is 0 Å². The highest BCUT2D eigenvalue weighted by atomic mass is 15.5. The largest absolute Gasteiger partial charge is 0.399 e. The third kappa shape index (κ3) is 1.96. The number of nitrogen functional groups attached to an aromatic ring is 1. The number of aromatic nitrogens is 4. The predicted molar refractivity (Wildman–Crippen MR) is 69.7 cm³/mol. The summed E-state index contributed by atoms with van der Waals surface area (Å²) in [6.07, 6.45) is 2.51. The number of nitrogens with zero attached hydrogens (tertiary/aromatic N) is 4. The SMILES string of the molecule is Cc1cc(N)ccc1-c1nnnn1CC1(C)CC1. The first kappa shape index (κ1) is 11.2. The molecule has 0 amide bonds. The molecule has 0 atom stereocenters. The van der Waals surface area contributed by atoms with Crippen molar-refractivity contribution >= 4 is 5.69 Å². The molecule has 0 unspecified atom stereocenters. The van der Waals surface area contributed by atoms with E-state index in [2.05, 4.69) is 22.4 Å². The molecule has 18 heavy (non-hydrogen) atoms. The third-order valence-electron chi connectivity index (χ3n) is 3.66. The van der Waals surface area contributed by atoms with E-state index in [4.69, 9.17) is 5.73 Å². The normalized spacial score (nSPS) is 16.8. The summed E-state index contributed by atoms with van der Waals surface area (Å²) in [7, 11) is 0. The van der Waals surface area contributed by atoms with E-state index < -0.39 is 0 Å². The summed E-state index contributed by atoms with van der Waals surface area (Å²) in [5, 5.41) is 12.1. The standard InChI is InChI=1S/C13H17N5/c1-9-7-10(14)3-4-11(9)12-15-16-17-18(12)8-13(2)5-6-13/h3-4,7H,5-6,8,14H2,1-2H3. The van der Waals surface area contributed by atoms with Crippen LogP contribution in [-0.4, -0.2) is 20.2 Å². The molecule has 2 N–H and O–H groups in total. The Morgan fingerprint density at radius 2 is 2.17 bits per heavy atom. The lowest BCUT2D eigenvalue weighted by atomic mass is 10.1. The summed E-state index contributed by atoms with van der Waals surface area (Å²) in [6, 6.07) is 5.83. The second-order valence-electron chi connectivity index (χ2n) is 5.55. The van der Waals surface area contributed by atoms with Crippen LogP contribution in [0.5, 0.6) is 0 Å². The predicted octanol–water partition coefficient (Wildman–Crippen LogP) is 2.03. The van der Waals surface area contributed by atoms with Crippen LogP contribution in [0.3, 0.4) is 0 Å². The summed E-state index contributed by atoms with van der Waals surface area (Å²) in [5.41, 5.74) is 9.08. The van der Waals surface area contributed by atoms with Gasteiger partial charge < -0.3 is 5.73 Å². The minimum absolute atomic E-state index is 0.381. The van der Waals surface area contributed by atoms with Crippen molar-refractivity contribution in [2.24, 2.45) is 5.41 Å². The highest BCUT2D eigenvalue weighted by molar-refractivity contribution is 5.63. The number of anilines is 1. The van der Waals surface area contributed by atoms with Crippen LogP contribution in [0.2, 0.25) is 0 Å². The fourth-order valence-corrected chi connectivity index (χ4v) is 2.17. The van der Waals surface area contributed by atoms with Crippen molar-refractivity contribution in [1.82, 2.24) is 20.2 Å². The molecule has 1 fully saturated rings. The topological polar surface area (TPSA) is 69.6 Å². The molecule has 0 saturated heterocycles. The molecule has 5 heteroatoms. The van der Waals surface area contributed by atoms with Crippen molar-refractivity contribution < 1.29 is 0 Å². The van der Waals surface area contributed by atoms with Crippen molar-refractivity contribution in [2.75, 3.05) is 5.73 Å². The highest BCUT2D eigenvalue weighted by Crippen LogP contribution is 2.46. The van der Waals surface area contributed by atoms with Crippen molar-refractivity contribution in [3.63, 3.8) is 0 Å². The van der Waals surface area contributed by atoms with Gasteiger partial charge in [0.25, 0.3) is 0 Å². The number of tetrazole rings is 1. The van der Waals surface area contributed by atoms with Crippen LogP contribution in [0.1, 0.15) is 25.3 Å². The summed E-state index contributed by atoms with van der Waals surface area (Å²) in [6.45, 7) is 5.19. The molecule has 0 aliphatic heterocycles. The van der Waals surface area contributed by atoms with Gasteiger partial charge in [-0.1, -0.05) is 6.92 Å². The molecule has 0 bridgehead atoms. The molecule has 2 aromatic rings. The van der Waals surface area contributed by atoms with Crippen molar-refractivity contribution in [3.05, 3.63) is 23.8 Å². The van der Waals surface area contributed by atoms with Crippen LogP contribution in [0.15, 0.2) is 18.2 Å². The fourth-order valence-electron chi connectivity index (χ4n) is 2.17. The Hall–Kier alpha value is -1.91. The average molecular weight is 243 g/mol. The van der Waals surface area contributed by atoms with E-state index >= 15 is 0 Å². The average Bonchev–Trinajstić information content (AvgIpc) is 2.86. The summed E-state index contributed by atoms with van der Waals surface area (Å²) in [5.74, 6) is 0.834. The number of benzene rings is 1. The Morgan fingerprint density at radius 3 is 2.83 bits per heavy atom. The van der Waals surface area contributed by atoms with Gasteiger partial charge in [0.2, 0.25) is 0 Å². The van der Waals surface area contributed by atoms with Crippen LogP contribution in [-0.2, 0) is 6.54 Å². The minimum Gasteiger partial charge on any atom is -0.399 e. The molecule has 5 nitrogen and oxygen atoms in total. The first-order valence-electron chi connectivity index (χ1n) is 6.20. The number of rotatable bonds is 3. The van der Waals surface area contributed by atoms with Crippen LogP contribution >= 0.6 is 0 Å². The number of hydrogen-bond acceptors (Lipinski definition) is 4. The van der Waals surface area contributed by atoms with E-state index in [9.17, 15) is 0 Å². The van der Waals surface area contributed by atoms with E-state index in [1.807, 2.05) is 29.8 Å². The van der Waals surface area contributed by atoms with E-state index in [-0.39, 0.29) is 0 Å². The van der Waals surface area contributed by atoms with Gasteiger partial charge in [-0.05, 0) is 59.4 Å². The number of aryl methyl sites for hydroxylation is 1. The molecule has 1 aliphatic rings. The monoisotopic (exact) mass is 243 g/mol. The van der Waals surface area contributed by atoms with Crippen LogP contribution in [0, 0.1) is 12.3 Å². The molecule has 1 aromatic heterocycles. The Kier molecular flexibility index (Phi) is 2.36. The van der Waals surface area contributed by atoms with Gasteiger partial charge in [0.05, 0.1) is 6.54 Å². The molecule has 3 rings (SSSR count). The van der Waals surface area contributed by atoms with E-state index in [1.54, 1.807) is 0 Å². The zero-order valence-electron chi connectivity index (χ0n) is 10.7. The van der Waals surface area contributed by atoms with Gasteiger partial charge in [-0.15, -0.1) is 5.10 Å². The van der Waals surface area contributed by atoms with Gasteiger partial charge in [-0.25, -0.2) is 4.68 Å². The molecular formula is C13H17N5. The Bertz CT molecular complexity index is 583. The summed E-state index contributed by atoms with van der Waals surface area (Å²) < 4.78 is 1.91. The van der Waals surface area contributed by atoms with Gasteiger partial charge in [0, 0.05) is 11.3 Å². The number of nitrogens with two attached hydrogens (primary N) is 1. The Labute approximate surface area is 106 Å². The first-order valence-corrected chi connectivity index (χ1v) is 6.20. The molecule has 0 spiro atoms. The molecular weight excluding hydrogens is 226 g/mol. The lowest BCUT2D eigenvalue weighted by Gasteiger charge is -2.11. The van der Waals surface area contributed by atoms with E-state index in [1.165, 1.54) is 12.8 Å². The maximum absolute atomic E-state index is 5.77. The highest BCUT2D eigenvalue weighted by Gasteiger charge is 2.38. The van der Waals surface area contributed by atoms with Crippen LogP contribution < -0.4 is 5.73 Å². The van der Waals surface area contributed by atoms with Gasteiger partial charge in [0.15, 0.2) is 5.82 Å². The Balaban J connectivity index is 1.98. The number of hydrogen-bond donors (Lipinski definition) is 1. The summed E-state index contributed by atoms with van der Waals surface area (Å²) >= 11 is 0. The second kappa shape index (κ2) is 3.80.